The fraction of sp³-hybridized carbons (Fsp3) is 0.118. The Labute approximate surface area is 156 Å². The summed E-state index contributed by atoms with van der Waals surface area (Å²) in [6.45, 7) is 0. The molecule has 0 amide bonds. The smallest absolute Gasteiger partial charge is 0.283 e. The van der Waals surface area contributed by atoms with Crippen LogP contribution in [0.5, 0.6) is 11.5 Å². The van der Waals surface area contributed by atoms with E-state index in [1.165, 1.54) is 30.1 Å². The van der Waals surface area contributed by atoms with Gasteiger partial charge in [-0.1, -0.05) is 29.0 Å². The molecule has 9 heteroatoms. The van der Waals surface area contributed by atoms with E-state index < -0.39 is 0 Å². The molecule has 0 radical (unpaired) electrons. The first-order valence-electron chi connectivity index (χ1n) is 7.57. The molecule has 0 fully saturated rings. The molecule has 0 saturated heterocycles. The van der Waals surface area contributed by atoms with Crippen LogP contribution in [0.3, 0.4) is 0 Å². The van der Waals surface area contributed by atoms with Gasteiger partial charge in [-0.05, 0) is 24.3 Å². The van der Waals surface area contributed by atoms with Gasteiger partial charge < -0.3 is 14.8 Å². The third-order valence-corrected chi connectivity index (χ3v) is 4.84. The van der Waals surface area contributed by atoms with Gasteiger partial charge in [0.25, 0.3) is 5.56 Å². The Kier molecular flexibility index (Phi) is 4.14. The van der Waals surface area contributed by atoms with E-state index in [0.717, 1.165) is 5.69 Å². The van der Waals surface area contributed by atoms with E-state index >= 15 is 0 Å². The van der Waals surface area contributed by atoms with Gasteiger partial charge in [-0.3, -0.25) is 4.79 Å². The van der Waals surface area contributed by atoms with Gasteiger partial charge in [0, 0.05) is 16.8 Å². The number of fused-ring (bicyclic) bond motifs is 2. The number of benzene rings is 2. The molecule has 4 rings (SSSR count). The lowest BCUT2D eigenvalue weighted by molar-refractivity contribution is 0.355. The Hall–Kier alpha value is -2.84. The van der Waals surface area contributed by atoms with Crippen LogP contribution in [0.4, 0.5) is 10.8 Å². The molecule has 0 unspecified atom stereocenters. The summed E-state index contributed by atoms with van der Waals surface area (Å²) in [5.74, 6) is 0.976. The normalized spacial score (nSPS) is 11.0. The second kappa shape index (κ2) is 6.47. The monoisotopic (exact) mass is 388 g/mol. The minimum atomic E-state index is -0.277. The highest BCUT2D eigenvalue weighted by atomic mass is 35.5. The SMILES string of the molecule is COc1cc2nc3sc(Nc4cccc(Cl)c4)nn3c(=O)c2cc1OC. The summed E-state index contributed by atoms with van der Waals surface area (Å²) in [5.41, 5.74) is 1.02. The van der Waals surface area contributed by atoms with Crippen molar-refractivity contribution >= 4 is 49.6 Å². The van der Waals surface area contributed by atoms with Crippen LogP contribution in [0.2, 0.25) is 5.02 Å². The lowest BCUT2D eigenvalue weighted by Crippen LogP contribution is -2.15. The molecule has 2 aromatic carbocycles. The highest BCUT2D eigenvalue weighted by molar-refractivity contribution is 7.20. The van der Waals surface area contributed by atoms with Crippen molar-refractivity contribution in [3.63, 3.8) is 0 Å². The number of halogens is 1. The standard InChI is InChI=1S/C17H13ClN4O3S/c1-24-13-7-11-12(8-14(13)25-2)20-17-22(15(11)23)21-16(26-17)19-10-5-3-4-9(18)6-10/h3-8H,1-2H3,(H,19,21). The number of hydrogen-bond donors (Lipinski definition) is 1. The predicted octanol–water partition coefficient (Wildman–Crippen LogP) is 3.72. The zero-order valence-corrected chi connectivity index (χ0v) is 15.4. The van der Waals surface area contributed by atoms with Gasteiger partial charge in [0.05, 0.1) is 25.1 Å². The maximum Gasteiger partial charge on any atom is 0.283 e. The number of nitrogens with zero attached hydrogens (tertiary/aromatic N) is 3. The molecule has 0 aliphatic carbocycles. The Morgan fingerprint density at radius 1 is 1.15 bits per heavy atom. The van der Waals surface area contributed by atoms with Gasteiger partial charge in [-0.25, -0.2) is 4.98 Å². The Balaban J connectivity index is 1.86. The molecule has 0 aliphatic heterocycles. The average Bonchev–Trinajstić information content (AvgIpc) is 3.03. The molecule has 26 heavy (non-hydrogen) atoms. The molecule has 0 atom stereocenters. The zero-order chi connectivity index (χ0) is 18.3. The first-order chi connectivity index (χ1) is 12.6. The van der Waals surface area contributed by atoms with Crippen LogP contribution in [0, 0.1) is 0 Å². The summed E-state index contributed by atoms with van der Waals surface area (Å²) in [5, 5.41) is 9.00. The number of nitrogens with one attached hydrogen (secondary N) is 1. The minimum absolute atomic E-state index is 0.277. The van der Waals surface area contributed by atoms with E-state index in [1.54, 1.807) is 24.3 Å². The van der Waals surface area contributed by atoms with Gasteiger partial charge in [0.2, 0.25) is 10.1 Å². The summed E-state index contributed by atoms with van der Waals surface area (Å²) < 4.78 is 11.8. The van der Waals surface area contributed by atoms with E-state index in [-0.39, 0.29) is 5.56 Å². The fourth-order valence-electron chi connectivity index (χ4n) is 2.58. The molecular formula is C17H13ClN4O3S. The molecule has 7 nitrogen and oxygen atoms in total. The van der Waals surface area contributed by atoms with Crippen molar-refractivity contribution in [1.29, 1.82) is 0 Å². The van der Waals surface area contributed by atoms with Crippen LogP contribution in [0.25, 0.3) is 15.9 Å². The molecule has 2 heterocycles. The number of rotatable bonds is 4. The summed E-state index contributed by atoms with van der Waals surface area (Å²) in [6.07, 6.45) is 0. The van der Waals surface area contributed by atoms with Crippen molar-refractivity contribution in [1.82, 2.24) is 14.6 Å². The second-order valence-corrected chi connectivity index (χ2v) is 6.77. The maximum atomic E-state index is 12.8. The van der Waals surface area contributed by atoms with Crippen LogP contribution >= 0.6 is 22.9 Å². The van der Waals surface area contributed by atoms with E-state index in [9.17, 15) is 4.79 Å². The number of ether oxygens (including phenoxy) is 2. The topological polar surface area (TPSA) is 77.8 Å². The Morgan fingerprint density at radius 2 is 1.92 bits per heavy atom. The molecular weight excluding hydrogens is 376 g/mol. The van der Waals surface area contributed by atoms with E-state index in [4.69, 9.17) is 21.1 Å². The van der Waals surface area contributed by atoms with Crippen LogP contribution in [-0.2, 0) is 0 Å². The van der Waals surface area contributed by atoms with E-state index in [2.05, 4.69) is 15.4 Å². The maximum absolute atomic E-state index is 12.8. The number of hydrogen-bond acceptors (Lipinski definition) is 7. The Morgan fingerprint density at radius 3 is 2.65 bits per heavy atom. The second-order valence-electron chi connectivity index (χ2n) is 5.38. The van der Waals surface area contributed by atoms with Crippen LogP contribution in [0.15, 0.2) is 41.2 Å². The largest absolute Gasteiger partial charge is 0.493 e. The molecule has 0 spiro atoms. The van der Waals surface area contributed by atoms with E-state index in [0.29, 0.717) is 37.5 Å². The first-order valence-corrected chi connectivity index (χ1v) is 8.76. The third kappa shape index (κ3) is 2.83. The van der Waals surface area contributed by atoms with Gasteiger partial charge in [0.1, 0.15) is 0 Å². The van der Waals surface area contributed by atoms with Crippen molar-refractivity contribution in [2.75, 3.05) is 19.5 Å². The quantitative estimate of drug-likeness (QED) is 0.574. The predicted molar refractivity (Wildman–Crippen MR) is 102 cm³/mol. The van der Waals surface area contributed by atoms with Crippen molar-refractivity contribution in [3.8, 4) is 11.5 Å². The van der Waals surface area contributed by atoms with Gasteiger partial charge in [0.15, 0.2) is 11.5 Å². The molecule has 0 saturated carbocycles. The third-order valence-electron chi connectivity index (χ3n) is 3.78. The first kappa shape index (κ1) is 16.6. The van der Waals surface area contributed by atoms with Crippen molar-refractivity contribution in [2.45, 2.75) is 0 Å². The van der Waals surface area contributed by atoms with E-state index in [1.807, 2.05) is 12.1 Å². The molecule has 0 aliphatic rings. The summed E-state index contributed by atoms with van der Waals surface area (Å²) in [4.78, 5) is 17.8. The van der Waals surface area contributed by atoms with Crippen LogP contribution in [-0.4, -0.2) is 28.8 Å². The van der Waals surface area contributed by atoms with Crippen molar-refractivity contribution < 1.29 is 9.47 Å². The molecule has 0 bridgehead atoms. The fourth-order valence-corrected chi connectivity index (χ4v) is 3.58. The highest BCUT2D eigenvalue weighted by Crippen LogP contribution is 2.31. The highest BCUT2D eigenvalue weighted by Gasteiger charge is 2.15. The van der Waals surface area contributed by atoms with Crippen LogP contribution < -0.4 is 20.3 Å². The van der Waals surface area contributed by atoms with Gasteiger partial charge in [-0.15, -0.1) is 5.10 Å². The lowest BCUT2D eigenvalue weighted by Gasteiger charge is -2.08. The lowest BCUT2D eigenvalue weighted by atomic mass is 10.2. The van der Waals surface area contributed by atoms with Crippen molar-refractivity contribution in [2.24, 2.45) is 0 Å². The number of methoxy groups -OCH3 is 2. The summed E-state index contributed by atoms with van der Waals surface area (Å²) in [7, 11) is 3.05. The Bertz CT molecular complexity index is 1190. The average molecular weight is 389 g/mol. The van der Waals surface area contributed by atoms with Gasteiger partial charge in [-0.2, -0.15) is 4.52 Å². The molecule has 1 N–H and O–H groups in total. The summed E-state index contributed by atoms with van der Waals surface area (Å²) >= 11 is 7.26. The van der Waals surface area contributed by atoms with Gasteiger partial charge >= 0.3 is 0 Å². The number of aromatic nitrogens is 3. The molecule has 4 aromatic rings. The van der Waals surface area contributed by atoms with Crippen LogP contribution in [0.1, 0.15) is 0 Å². The minimum Gasteiger partial charge on any atom is -0.493 e. The number of anilines is 2. The zero-order valence-electron chi connectivity index (χ0n) is 13.8. The molecule has 132 valence electrons. The molecule has 2 aromatic heterocycles. The van der Waals surface area contributed by atoms with Crippen molar-refractivity contribution in [3.05, 3.63) is 51.8 Å². The summed E-state index contributed by atoms with van der Waals surface area (Å²) in [6, 6.07) is 10.5.